The molecule has 1 aromatic heterocycles. The standard InChI is InChI=1S/C24H30F3N5O2/c1-14(2)22(34)15-3-6-18(7-4-15)32-11-17(12-32)31-21(33)10-28-23-19-9-16(24(25,26)27)5-8-20(19)29-13-30-23/h5,8-9,13,15,17-18,22,34H,1,3-4,6-7,10-12H2,2H3,(H,31,33)(H,28,29,30)/t15-,18-,22?. The lowest BCUT2D eigenvalue weighted by Gasteiger charge is -2.47. The summed E-state index contributed by atoms with van der Waals surface area (Å²) < 4.78 is 39.2. The van der Waals surface area contributed by atoms with Gasteiger partial charge in [-0.05, 0) is 56.7 Å². The third-order valence-electron chi connectivity index (χ3n) is 6.86. The topological polar surface area (TPSA) is 90.4 Å². The molecule has 7 nitrogen and oxygen atoms in total. The summed E-state index contributed by atoms with van der Waals surface area (Å²) in [4.78, 5) is 22.8. The minimum Gasteiger partial charge on any atom is -0.388 e. The average molecular weight is 478 g/mol. The molecule has 1 atom stereocenters. The Kier molecular flexibility index (Phi) is 7.09. The lowest BCUT2D eigenvalue weighted by atomic mass is 9.79. The number of rotatable bonds is 7. The highest BCUT2D eigenvalue weighted by Crippen LogP contribution is 2.34. The molecule has 0 spiro atoms. The van der Waals surface area contributed by atoms with Crippen LogP contribution in [0.25, 0.3) is 10.9 Å². The van der Waals surface area contributed by atoms with Gasteiger partial charge in [-0.25, -0.2) is 9.97 Å². The van der Waals surface area contributed by atoms with Crippen LogP contribution < -0.4 is 10.6 Å². The second-order valence-corrected chi connectivity index (χ2v) is 9.38. The Morgan fingerprint density at radius 2 is 1.94 bits per heavy atom. The van der Waals surface area contributed by atoms with E-state index in [-0.39, 0.29) is 35.6 Å². The largest absolute Gasteiger partial charge is 0.416 e. The van der Waals surface area contributed by atoms with Gasteiger partial charge in [0.25, 0.3) is 0 Å². The maximum atomic E-state index is 13.1. The fraction of sp³-hybridized carbons (Fsp3) is 0.542. The first-order valence-electron chi connectivity index (χ1n) is 11.5. The molecule has 34 heavy (non-hydrogen) atoms. The number of likely N-dealkylation sites (tertiary alicyclic amines) is 1. The number of halogens is 3. The van der Waals surface area contributed by atoms with Gasteiger partial charge in [-0.3, -0.25) is 9.69 Å². The Balaban J connectivity index is 1.24. The van der Waals surface area contributed by atoms with Crippen LogP contribution in [-0.2, 0) is 11.0 Å². The molecule has 184 valence electrons. The van der Waals surface area contributed by atoms with Crippen LogP contribution in [0.1, 0.15) is 38.2 Å². The minimum absolute atomic E-state index is 0.0482. The number of anilines is 1. The van der Waals surface area contributed by atoms with E-state index in [1.165, 1.54) is 12.4 Å². The molecule has 1 saturated carbocycles. The summed E-state index contributed by atoms with van der Waals surface area (Å²) in [7, 11) is 0. The Bertz CT molecular complexity index is 1050. The van der Waals surface area contributed by atoms with Gasteiger partial charge >= 0.3 is 6.18 Å². The van der Waals surface area contributed by atoms with Crippen LogP contribution in [0, 0.1) is 5.92 Å². The van der Waals surface area contributed by atoms with E-state index < -0.39 is 17.8 Å². The molecule has 2 aliphatic rings. The molecule has 1 unspecified atom stereocenters. The van der Waals surface area contributed by atoms with E-state index in [1.54, 1.807) is 0 Å². The van der Waals surface area contributed by atoms with Crippen molar-refractivity contribution in [3.05, 3.63) is 42.2 Å². The number of aliphatic hydroxyl groups is 1. The van der Waals surface area contributed by atoms with Gasteiger partial charge in [0.1, 0.15) is 12.1 Å². The Labute approximate surface area is 196 Å². The zero-order valence-electron chi connectivity index (χ0n) is 19.1. The van der Waals surface area contributed by atoms with Gasteiger partial charge in [0.15, 0.2) is 0 Å². The number of amides is 1. The van der Waals surface area contributed by atoms with Crippen LogP contribution in [0.5, 0.6) is 0 Å². The smallest absolute Gasteiger partial charge is 0.388 e. The second-order valence-electron chi connectivity index (χ2n) is 9.38. The zero-order valence-corrected chi connectivity index (χ0v) is 19.1. The van der Waals surface area contributed by atoms with E-state index in [1.807, 2.05) is 6.92 Å². The number of alkyl halides is 3. The number of nitrogens with zero attached hydrogens (tertiary/aromatic N) is 3. The number of fused-ring (bicyclic) bond motifs is 1. The summed E-state index contributed by atoms with van der Waals surface area (Å²) >= 11 is 0. The lowest BCUT2D eigenvalue weighted by molar-refractivity contribution is -0.137. The third kappa shape index (κ3) is 5.50. The minimum atomic E-state index is -4.47. The summed E-state index contributed by atoms with van der Waals surface area (Å²) in [6.45, 7) is 7.17. The van der Waals surface area contributed by atoms with Crippen LogP contribution >= 0.6 is 0 Å². The summed E-state index contributed by atoms with van der Waals surface area (Å²) in [5.74, 6) is 0.230. The highest BCUT2D eigenvalue weighted by molar-refractivity contribution is 5.91. The summed E-state index contributed by atoms with van der Waals surface area (Å²) in [6, 6.07) is 3.77. The fourth-order valence-corrected chi connectivity index (χ4v) is 4.90. The molecule has 1 amide bonds. The van der Waals surface area contributed by atoms with Crippen molar-refractivity contribution in [1.82, 2.24) is 20.2 Å². The van der Waals surface area contributed by atoms with Crippen molar-refractivity contribution >= 4 is 22.6 Å². The summed E-state index contributed by atoms with van der Waals surface area (Å²) in [5.41, 5.74) is 0.394. The van der Waals surface area contributed by atoms with Gasteiger partial charge in [0, 0.05) is 24.5 Å². The van der Waals surface area contributed by atoms with Gasteiger partial charge in [-0.15, -0.1) is 0 Å². The highest BCUT2D eigenvalue weighted by atomic mass is 19.4. The number of benzene rings is 1. The number of hydrogen-bond acceptors (Lipinski definition) is 6. The third-order valence-corrected chi connectivity index (χ3v) is 6.86. The molecule has 3 N–H and O–H groups in total. The predicted molar refractivity (Wildman–Crippen MR) is 123 cm³/mol. The molecule has 1 saturated heterocycles. The molecule has 1 aromatic carbocycles. The first-order chi connectivity index (χ1) is 16.1. The van der Waals surface area contributed by atoms with Crippen LogP contribution in [0.4, 0.5) is 19.0 Å². The van der Waals surface area contributed by atoms with E-state index in [4.69, 9.17) is 0 Å². The SMILES string of the molecule is C=C(C)C(O)[C@H]1CC[C@H](N2CC(NC(=O)CNc3ncnc4ccc(C(F)(F)F)cc34)C2)CC1. The molecule has 2 aromatic rings. The van der Waals surface area contributed by atoms with Gasteiger partial charge < -0.3 is 15.7 Å². The quantitative estimate of drug-likeness (QED) is 0.530. The van der Waals surface area contributed by atoms with Crippen molar-refractivity contribution in [3.8, 4) is 0 Å². The number of aromatic nitrogens is 2. The molecule has 0 bridgehead atoms. The molecule has 4 rings (SSSR count). The van der Waals surface area contributed by atoms with Crippen molar-refractivity contribution in [2.45, 2.75) is 57.0 Å². The van der Waals surface area contributed by atoms with Crippen molar-refractivity contribution in [1.29, 1.82) is 0 Å². The number of hydrogen-bond donors (Lipinski definition) is 3. The first kappa shape index (κ1) is 24.4. The Hall–Kier alpha value is -2.72. The molecular weight excluding hydrogens is 447 g/mol. The molecule has 0 radical (unpaired) electrons. The number of nitrogens with one attached hydrogen (secondary N) is 2. The van der Waals surface area contributed by atoms with Gasteiger partial charge in [-0.1, -0.05) is 12.2 Å². The van der Waals surface area contributed by atoms with Crippen molar-refractivity contribution in [2.75, 3.05) is 25.0 Å². The van der Waals surface area contributed by atoms with Crippen LogP contribution in [0.15, 0.2) is 36.7 Å². The monoisotopic (exact) mass is 477 g/mol. The van der Waals surface area contributed by atoms with Gasteiger partial charge in [0.05, 0.1) is 29.8 Å². The summed E-state index contributed by atoms with van der Waals surface area (Å²) in [6.07, 6.45) is 0.347. The average Bonchev–Trinajstić information content (AvgIpc) is 2.78. The second kappa shape index (κ2) is 9.87. The molecule has 2 heterocycles. The number of aliphatic hydroxyl groups excluding tert-OH is 1. The lowest BCUT2D eigenvalue weighted by Crippen LogP contribution is -2.63. The molecule has 10 heteroatoms. The zero-order chi connectivity index (χ0) is 24.5. The normalized spacial score (nSPS) is 22.7. The fourth-order valence-electron chi connectivity index (χ4n) is 4.90. The summed E-state index contributed by atoms with van der Waals surface area (Å²) in [5, 5.41) is 16.2. The highest BCUT2D eigenvalue weighted by Gasteiger charge is 2.36. The van der Waals surface area contributed by atoms with Crippen molar-refractivity contribution in [2.24, 2.45) is 5.92 Å². The number of carbonyl (C=O) groups is 1. The van der Waals surface area contributed by atoms with Gasteiger partial charge in [0.2, 0.25) is 5.91 Å². The van der Waals surface area contributed by atoms with E-state index in [0.717, 1.165) is 56.5 Å². The number of carbonyl (C=O) groups excluding carboxylic acids is 1. The molecule has 2 fully saturated rings. The molecular formula is C24H30F3N5O2. The van der Waals surface area contributed by atoms with E-state index in [2.05, 4.69) is 32.1 Å². The maximum Gasteiger partial charge on any atom is 0.416 e. The van der Waals surface area contributed by atoms with Crippen LogP contribution in [0.2, 0.25) is 0 Å². The maximum absolute atomic E-state index is 13.1. The Morgan fingerprint density at radius 1 is 1.24 bits per heavy atom. The van der Waals surface area contributed by atoms with E-state index >= 15 is 0 Å². The van der Waals surface area contributed by atoms with Crippen molar-refractivity contribution in [3.63, 3.8) is 0 Å². The van der Waals surface area contributed by atoms with E-state index in [9.17, 15) is 23.1 Å². The van der Waals surface area contributed by atoms with Crippen LogP contribution in [-0.4, -0.2) is 63.7 Å². The van der Waals surface area contributed by atoms with Crippen LogP contribution in [0.3, 0.4) is 0 Å². The first-order valence-corrected chi connectivity index (χ1v) is 11.5. The van der Waals surface area contributed by atoms with E-state index in [0.29, 0.717) is 11.6 Å². The predicted octanol–water partition coefficient (Wildman–Crippen LogP) is 3.36. The molecule has 1 aliphatic carbocycles. The van der Waals surface area contributed by atoms with Crippen molar-refractivity contribution < 1.29 is 23.1 Å². The van der Waals surface area contributed by atoms with Gasteiger partial charge in [-0.2, -0.15) is 13.2 Å². The Morgan fingerprint density at radius 3 is 2.59 bits per heavy atom. The molecule has 1 aliphatic heterocycles.